The molecule has 0 saturated heterocycles. The van der Waals surface area contributed by atoms with E-state index in [-0.39, 0.29) is 12.5 Å². The van der Waals surface area contributed by atoms with Crippen LogP contribution < -0.4 is 10.1 Å². The molecule has 27 heavy (non-hydrogen) atoms. The van der Waals surface area contributed by atoms with Crippen LogP contribution in [0.4, 0.5) is 5.13 Å². The third kappa shape index (κ3) is 4.86. The van der Waals surface area contributed by atoms with Gasteiger partial charge in [0.05, 0.1) is 10.2 Å². The van der Waals surface area contributed by atoms with Gasteiger partial charge in [0, 0.05) is 0 Å². The summed E-state index contributed by atoms with van der Waals surface area (Å²) in [6.45, 7) is 8.24. The van der Waals surface area contributed by atoms with Crippen molar-refractivity contribution in [2.45, 2.75) is 47.0 Å². The third-order valence-electron chi connectivity index (χ3n) is 4.64. The topological polar surface area (TPSA) is 51.2 Å². The molecule has 0 spiro atoms. The van der Waals surface area contributed by atoms with Gasteiger partial charge in [-0.2, -0.15) is 0 Å². The molecule has 0 atom stereocenters. The number of anilines is 1. The van der Waals surface area contributed by atoms with Crippen LogP contribution in [0.1, 0.15) is 42.0 Å². The van der Waals surface area contributed by atoms with Crippen LogP contribution in [-0.2, 0) is 11.2 Å². The summed E-state index contributed by atoms with van der Waals surface area (Å²) < 4.78 is 6.84. The average Bonchev–Trinajstić information content (AvgIpc) is 3.03. The van der Waals surface area contributed by atoms with E-state index in [2.05, 4.69) is 35.4 Å². The minimum atomic E-state index is -0.196. The predicted octanol–water partition coefficient (Wildman–Crippen LogP) is 5.58. The molecule has 0 fully saturated rings. The van der Waals surface area contributed by atoms with Gasteiger partial charge >= 0.3 is 0 Å². The molecule has 0 radical (unpaired) electrons. The summed E-state index contributed by atoms with van der Waals surface area (Å²) in [6, 6.07) is 10.4. The zero-order valence-electron chi connectivity index (χ0n) is 16.4. The largest absolute Gasteiger partial charge is 0.483 e. The molecule has 1 amide bonds. The Morgan fingerprint density at radius 3 is 2.78 bits per heavy atom. The first kappa shape index (κ1) is 19.4. The number of carbonyl (C=O) groups is 1. The fourth-order valence-electron chi connectivity index (χ4n) is 3.01. The van der Waals surface area contributed by atoms with E-state index >= 15 is 0 Å². The third-order valence-corrected chi connectivity index (χ3v) is 5.57. The highest BCUT2D eigenvalue weighted by molar-refractivity contribution is 7.22. The Morgan fingerprint density at radius 1 is 1.19 bits per heavy atom. The number of unbranched alkanes of at least 4 members (excludes halogenated alkanes) is 1. The van der Waals surface area contributed by atoms with Crippen LogP contribution in [-0.4, -0.2) is 17.5 Å². The molecule has 3 aromatic rings. The lowest BCUT2D eigenvalue weighted by molar-refractivity contribution is -0.118. The van der Waals surface area contributed by atoms with Crippen LogP contribution in [0, 0.1) is 20.8 Å². The van der Waals surface area contributed by atoms with Crippen molar-refractivity contribution in [3.8, 4) is 5.75 Å². The van der Waals surface area contributed by atoms with Crippen molar-refractivity contribution in [1.82, 2.24) is 4.98 Å². The molecular formula is C22H26N2O2S. The maximum absolute atomic E-state index is 12.3. The Bertz CT molecular complexity index is 962. The molecule has 1 heterocycles. The molecule has 0 saturated carbocycles. The number of aromatic nitrogens is 1. The quantitative estimate of drug-likeness (QED) is 0.580. The van der Waals surface area contributed by atoms with Gasteiger partial charge in [0.15, 0.2) is 11.7 Å². The lowest BCUT2D eigenvalue weighted by atomic mass is 10.1. The lowest BCUT2D eigenvalue weighted by Crippen LogP contribution is -2.20. The Labute approximate surface area is 164 Å². The molecule has 1 aromatic heterocycles. The molecule has 0 aliphatic carbocycles. The van der Waals surface area contributed by atoms with Gasteiger partial charge in [0.1, 0.15) is 5.75 Å². The number of rotatable bonds is 7. The maximum Gasteiger partial charge on any atom is 0.264 e. The normalized spacial score (nSPS) is 11.0. The number of nitrogens with zero attached hydrogens (tertiary/aromatic N) is 1. The summed E-state index contributed by atoms with van der Waals surface area (Å²) in [5.41, 5.74) is 5.59. The lowest BCUT2D eigenvalue weighted by Gasteiger charge is -2.11. The second-order valence-corrected chi connectivity index (χ2v) is 8.00. The monoisotopic (exact) mass is 382 g/mol. The standard InChI is InChI=1S/C22H26N2O2S/c1-5-6-7-17-8-9-18-20(12-17)27-22(23-18)24-21(25)13-26-19-11-14(2)10-15(3)16(19)4/h8-12H,5-7,13H2,1-4H3,(H,23,24,25). The van der Waals surface area contributed by atoms with E-state index in [4.69, 9.17) is 4.74 Å². The number of carbonyl (C=O) groups excluding carboxylic acids is 1. The van der Waals surface area contributed by atoms with Gasteiger partial charge in [-0.05, 0) is 74.1 Å². The highest BCUT2D eigenvalue weighted by atomic mass is 32.1. The summed E-state index contributed by atoms with van der Waals surface area (Å²) in [7, 11) is 0. The predicted molar refractivity (Wildman–Crippen MR) is 113 cm³/mol. The summed E-state index contributed by atoms with van der Waals surface area (Å²) in [5, 5.41) is 3.47. The van der Waals surface area contributed by atoms with Crippen molar-refractivity contribution in [1.29, 1.82) is 0 Å². The molecule has 142 valence electrons. The first-order valence-corrected chi connectivity index (χ1v) is 10.2. The average molecular weight is 383 g/mol. The number of hydrogen-bond donors (Lipinski definition) is 1. The number of amides is 1. The first-order valence-electron chi connectivity index (χ1n) is 9.36. The van der Waals surface area contributed by atoms with E-state index in [1.807, 2.05) is 32.9 Å². The number of nitrogens with one attached hydrogen (secondary N) is 1. The first-order chi connectivity index (χ1) is 13.0. The van der Waals surface area contributed by atoms with Crippen LogP contribution in [0.3, 0.4) is 0 Å². The Kier molecular flexibility index (Phi) is 6.11. The minimum Gasteiger partial charge on any atom is -0.483 e. The van der Waals surface area contributed by atoms with E-state index in [0.717, 1.165) is 39.1 Å². The van der Waals surface area contributed by atoms with Gasteiger partial charge in [-0.25, -0.2) is 4.98 Å². The van der Waals surface area contributed by atoms with Gasteiger partial charge in [0.2, 0.25) is 0 Å². The zero-order valence-corrected chi connectivity index (χ0v) is 17.2. The molecule has 2 aromatic carbocycles. The molecule has 0 aliphatic rings. The number of benzene rings is 2. The van der Waals surface area contributed by atoms with Crippen LogP contribution >= 0.6 is 11.3 Å². The SMILES string of the molecule is CCCCc1ccc2nc(NC(=O)COc3cc(C)cc(C)c3C)sc2c1. The second kappa shape index (κ2) is 8.53. The fourth-order valence-corrected chi connectivity index (χ4v) is 3.95. The highest BCUT2D eigenvalue weighted by Gasteiger charge is 2.11. The van der Waals surface area contributed by atoms with Gasteiger partial charge in [-0.15, -0.1) is 0 Å². The molecule has 4 nitrogen and oxygen atoms in total. The van der Waals surface area contributed by atoms with Crippen molar-refractivity contribution in [2.24, 2.45) is 0 Å². The number of fused-ring (bicyclic) bond motifs is 1. The summed E-state index contributed by atoms with van der Waals surface area (Å²) in [4.78, 5) is 16.8. The van der Waals surface area contributed by atoms with E-state index in [9.17, 15) is 4.79 Å². The van der Waals surface area contributed by atoms with Gasteiger partial charge < -0.3 is 4.74 Å². The van der Waals surface area contributed by atoms with Crippen LogP contribution in [0.25, 0.3) is 10.2 Å². The van der Waals surface area contributed by atoms with E-state index in [1.54, 1.807) is 0 Å². The second-order valence-electron chi connectivity index (χ2n) is 6.97. The summed E-state index contributed by atoms with van der Waals surface area (Å²) in [5.74, 6) is 0.561. The highest BCUT2D eigenvalue weighted by Crippen LogP contribution is 2.27. The van der Waals surface area contributed by atoms with Gasteiger partial charge in [-0.1, -0.05) is 36.8 Å². The fraction of sp³-hybridized carbons (Fsp3) is 0.364. The number of thiazole rings is 1. The molecule has 5 heteroatoms. The Hall–Kier alpha value is -2.40. The van der Waals surface area contributed by atoms with Crippen molar-refractivity contribution >= 4 is 32.6 Å². The van der Waals surface area contributed by atoms with Crippen LogP contribution in [0.5, 0.6) is 5.75 Å². The Balaban J connectivity index is 1.64. The van der Waals surface area contributed by atoms with Gasteiger partial charge in [-0.3, -0.25) is 10.1 Å². The van der Waals surface area contributed by atoms with Crippen molar-refractivity contribution in [3.63, 3.8) is 0 Å². The molecule has 3 rings (SSSR count). The zero-order chi connectivity index (χ0) is 19.4. The number of ether oxygens (including phenoxy) is 1. The summed E-state index contributed by atoms with van der Waals surface area (Å²) in [6.07, 6.45) is 3.44. The van der Waals surface area contributed by atoms with Crippen LogP contribution in [0.15, 0.2) is 30.3 Å². The number of hydrogen-bond acceptors (Lipinski definition) is 4. The maximum atomic E-state index is 12.3. The molecule has 0 unspecified atom stereocenters. The van der Waals surface area contributed by atoms with Crippen molar-refractivity contribution in [3.05, 3.63) is 52.6 Å². The van der Waals surface area contributed by atoms with E-state index in [1.165, 1.54) is 29.7 Å². The number of aryl methyl sites for hydroxylation is 3. The summed E-state index contributed by atoms with van der Waals surface area (Å²) >= 11 is 1.50. The van der Waals surface area contributed by atoms with Crippen LogP contribution in [0.2, 0.25) is 0 Å². The Morgan fingerprint density at radius 2 is 2.00 bits per heavy atom. The molecule has 0 aliphatic heterocycles. The van der Waals surface area contributed by atoms with Crippen molar-refractivity contribution in [2.75, 3.05) is 11.9 Å². The molecular weight excluding hydrogens is 356 g/mol. The smallest absolute Gasteiger partial charge is 0.264 e. The minimum absolute atomic E-state index is 0.0264. The van der Waals surface area contributed by atoms with Gasteiger partial charge in [0.25, 0.3) is 5.91 Å². The molecule has 1 N–H and O–H groups in total. The molecule has 0 bridgehead atoms. The van der Waals surface area contributed by atoms with Crippen molar-refractivity contribution < 1.29 is 9.53 Å². The van der Waals surface area contributed by atoms with E-state index in [0.29, 0.717) is 5.13 Å². The van der Waals surface area contributed by atoms with E-state index < -0.39 is 0 Å².